The van der Waals surface area contributed by atoms with Gasteiger partial charge in [0.05, 0.1) is 11.6 Å². The number of rotatable bonds is 5. The van der Waals surface area contributed by atoms with E-state index >= 15 is 0 Å². The highest BCUT2D eigenvalue weighted by molar-refractivity contribution is 5.95. The zero-order chi connectivity index (χ0) is 20.5. The molecule has 1 aliphatic carbocycles. The lowest BCUT2D eigenvalue weighted by Gasteiger charge is -2.16. The molecule has 1 aromatic heterocycles. The molecule has 1 fully saturated rings. The lowest BCUT2D eigenvalue weighted by Crippen LogP contribution is -2.28. The number of hydrogen-bond donors (Lipinski definition) is 2. The van der Waals surface area contributed by atoms with Crippen molar-refractivity contribution >= 4 is 17.8 Å². The van der Waals surface area contributed by atoms with Crippen LogP contribution in [0.1, 0.15) is 47.4 Å². The molecule has 2 amide bonds. The summed E-state index contributed by atoms with van der Waals surface area (Å²) in [5.74, 6) is -2.08. The van der Waals surface area contributed by atoms with Crippen molar-refractivity contribution in [1.82, 2.24) is 15.3 Å². The molecule has 0 radical (unpaired) electrons. The average Bonchev–Trinajstić information content (AvgIpc) is 3.46. The standard InChI is InChI=1S/C18H16F4N4O2/c1-9(12-5-4-11(8-13(12)19)18(20,21)22)24-16(28)14-6-7-23-17(25-14)26-15(27)10-2-3-10/h4-10H,2-3H2,1H3,(H,24,28)(H,23,25,26,27). The molecule has 0 spiro atoms. The minimum atomic E-state index is -4.66. The molecule has 0 saturated heterocycles. The molecule has 1 atom stereocenters. The number of carbonyl (C=O) groups excluding carboxylic acids is 2. The van der Waals surface area contributed by atoms with Crippen LogP contribution in [0, 0.1) is 11.7 Å². The lowest BCUT2D eigenvalue weighted by atomic mass is 10.0. The summed E-state index contributed by atoms with van der Waals surface area (Å²) >= 11 is 0. The van der Waals surface area contributed by atoms with E-state index in [0.717, 1.165) is 25.0 Å². The number of carbonyl (C=O) groups is 2. The van der Waals surface area contributed by atoms with E-state index in [4.69, 9.17) is 0 Å². The Kier molecular flexibility index (Phi) is 5.30. The van der Waals surface area contributed by atoms with Gasteiger partial charge in [-0.05, 0) is 38.0 Å². The predicted molar refractivity (Wildman–Crippen MR) is 90.7 cm³/mol. The first-order chi connectivity index (χ1) is 13.1. The van der Waals surface area contributed by atoms with Gasteiger partial charge in [0.25, 0.3) is 5.91 Å². The summed E-state index contributed by atoms with van der Waals surface area (Å²) in [6, 6.07) is 2.50. The van der Waals surface area contributed by atoms with Crippen LogP contribution in [0.15, 0.2) is 30.5 Å². The van der Waals surface area contributed by atoms with Gasteiger partial charge in [-0.1, -0.05) is 6.07 Å². The molecular formula is C18H16F4N4O2. The number of aromatic nitrogens is 2. The van der Waals surface area contributed by atoms with Crippen molar-refractivity contribution in [3.05, 3.63) is 53.1 Å². The van der Waals surface area contributed by atoms with Crippen LogP contribution < -0.4 is 10.6 Å². The quantitative estimate of drug-likeness (QED) is 0.758. The molecule has 0 bridgehead atoms. The van der Waals surface area contributed by atoms with Gasteiger partial charge in [0.15, 0.2) is 0 Å². The van der Waals surface area contributed by atoms with Crippen molar-refractivity contribution in [1.29, 1.82) is 0 Å². The van der Waals surface area contributed by atoms with Gasteiger partial charge in [-0.25, -0.2) is 14.4 Å². The monoisotopic (exact) mass is 396 g/mol. The molecule has 2 aromatic rings. The number of nitrogens with zero attached hydrogens (tertiary/aromatic N) is 2. The zero-order valence-electron chi connectivity index (χ0n) is 14.7. The molecular weight excluding hydrogens is 380 g/mol. The molecule has 3 rings (SSSR count). The van der Waals surface area contributed by atoms with Crippen LogP contribution in [0.3, 0.4) is 0 Å². The fourth-order valence-corrected chi connectivity index (χ4v) is 2.51. The summed E-state index contributed by atoms with van der Waals surface area (Å²) in [4.78, 5) is 31.9. The number of halogens is 4. The summed E-state index contributed by atoms with van der Waals surface area (Å²) in [6.45, 7) is 1.43. The Balaban J connectivity index is 1.69. The van der Waals surface area contributed by atoms with Crippen molar-refractivity contribution in [2.24, 2.45) is 5.92 Å². The van der Waals surface area contributed by atoms with Gasteiger partial charge in [-0.3, -0.25) is 14.9 Å². The Morgan fingerprint density at radius 3 is 2.54 bits per heavy atom. The van der Waals surface area contributed by atoms with Gasteiger partial charge in [0.1, 0.15) is 11.5 Å². The maximum absolute atomic E-state index is 14.0. The Morgan fingerprint density at radius 1 is 1.21 bits per heavy atom. The molecule has 1 heterocycles. The number of amides is 2. The second-order valence-corrected chi connectivity index (χ2v) is 6.46. The van der Waals surface area contributed by atoms with Gasteiger partial charge in [-0.2, -0.15) is 13.2 Å². The van der Waals surface area contributed by atoms with Crippen LogP contribution >= 0.6 is 0 Å². The van der Waals surface area contributed by atoms with Crippen molar-refractivity contribution in [2.75, 3.05) is 5.32 Å². The lowest BCUT2D eigenvalue weighted by molar-refractivity contribution is -0.137. The largest absolute Gasteiger partial charge is 0.416 e. The third kappa shape index (κ3) is 4.62. The van der Waals surface area contributed by atoms with Crippen LogP contribution in [0.5, 0.6) is 0 Å². The maximum atomic E-state index is 14.0. The van der Waals surface area contributed by atoms with E-state index in [0.29, 0.717) is 6.07 Å². The van der Waals surface area contributed by atoms with E-state index in [2.05, 4.69) is 20.6 Å². The van der Waals surface area contributed by atoms with Gasteiger partial charge in [0.2, 0.25) is 11.9 Å². The number of alkyl halides is 3. The molecule has 148 valence electrons. The number of nitrogens with one attached hydrogen (secondary N) is 2. The summed E-state index contributed by atoms with van der Waals surface area (Å²) in [5, 5.41) is 4.97. The van der Waals surface area contributed by atoms with Crippen LogP contribution in [-0.4, -0.2) is 21.8 Å². The average molecular weight is 396 g/mol. The summed E-state index contributed by atoms with van der Waals surface area (Å²) in [5.41, 5.74) is -1.28. The van der Waals surface area contributed by atoms with E-state index in [9.17, 15) is 27.2 Å². The van der Waals surface area contributed by atoms with E-state index in [1.807, 2.05) is 0 Å². The highest BCUT2D eigenvalue weighted by Crippen LogP contribution is 2.31. The van der Waals surface area contributed by atoms with E-state index in [1.165, 1.54) is 19.2 Å². The summed E-state index contributed by atoms with van der Waals surface area (Å²) < 4.78 is 51.9. The first kappa shape index (κ1) is 19.7. The van der Waals surface area contributed by atoms with E-state index in [-0.39, 0.29) is 29.0 Å². The van der Waals surface area contributed by atoms with E-state index in [1.54, 1.807) is 0 Å². The molecule has 10 heteroatoms. The Bertz CT molecular complexity index is 913. The molecule has 1 unspecified atom stereocenters. The van der Waals surface area contributed by atoms with Gasteiger partial charge in [0, 0.05) is 17.7 Å². The Morgan fingerprint density at radius 2 is 1.93 bits per heavy atom. The molecule has 1 saturated carbocycles. The first-order valence-corrected chi connectivity index (χ1v) is 8.46. The number of anilines is 1. The van der Waals surface area contributed by atoms with Gasteiger partial charge >= 0.3 is 6.18 Å². The van der Waals surface area contributed by atoms with E-state index < -0.39 is 29.5 Å². The number of benzene rings is 1. The minimum absolute atomic E-state index is 0.0297. The topological polar surface area (TPSA) is 84.0 Å². The van der Waals surface area contributed by atoms with Crippen LogP contribution in [-0.2, 0) is 11.0 Å². The smallest absolute Gasteiger partial charge is 0.344 e. The van der Waals surface area contributed by atoms with Crippen LogP contribution in [0.25, 0.3) is 0 Å². The number of hydrogen-bond acceptors (Lipinski definition) is 4. The third-order valence-electron chi connectivity index (χ3n) is 4.21. The molecule has 6 nitrogen and oxygen atoms in total. The van der Waals surface area contributed by atoms with Crippen LogP contribution in [0.2, 0.25) is 0 Å². The Hall–Kier alpha value is -3.04. The third-order valence-corrected chi connectivity index (χ3v) is 4.21. The predicted octanol–water partition coefficient (Wildman–Crippen LogP) is 3.47. The van der Waals surface area contributed by atoms with Crippen molar-refractivity contribution in [3.8, 4) is 0 Å². The minimum Gasteiger partial charge on any atom is -0.344 e. The van der Waals surface area contributed by atoms with Crippen molar-refractivity contribution in [2.45, 2.75) is 32.0 Å². The molecule has 1 aliphatic rings. The highest BCUT2D eigenvalue weighted by Gasteiger charge is 2.32. The zero-order valence-corrected chi connectivity index (χ0v) is 14.7. The fraction of sp³-hybridized carbons (Fsp3) is 0.333. The first-order valence-electron chi connectivity index (χ1n) is 8.46. The highest BCUT2D eigenvalue weighted by atomic mass is 19.4. The molecule has 0 aliphatic heterocycles. The SMILES string of the molecule is CC(NC(=O)c1ccnc(NC(=O)C2CC2)n1)c1ccc(C(F)(F)F)cc1F. The van der Waals surface area contributed by atoms with Crippen molar-refractivity contribution in [3.63, 3.8) is 0 Å². The maximum Gasteiger partial charge on any atom is 0.416 e. The normalized spacial score (nSPS) is 15.0. The second-order valence-electron chi connectivity index (χ2n) is 6.46. The van der Waals surface area contributed by atoms with Gasteiger partial charge < -0.3 is 5.32 Å². The summed E-state index contributed by atoms with van der Waals surface area (Å²) in [6.07, 6.45) is -1.79. The second kappa shape index (κ2) is 7.53. The molecule has 1 aromatic carbocycles. The van der Waals surface area contributed by atoms with Crippen LogP contribution in [0.4, 0.5) is 23.5 Å². The fourth-order valence-electron chi connectivity index (χ4n) is 2.51. The summed E-state index contributed by atoms with van der Waals surface area (Å²) in [7, 11) is 0. The Labute approximate surface area is 157 Å². The van der Waals surface area contributed by atoms with Crippen molar-refractivity contribution < 1.29 is 27.2 Å². The molecule has 28 heavy (non-hydrogen) atoms. The molecule has 2 N–H and O–H groups in total. The van der Waals surface area contributed by atoms with Gasteiger partial charge in [-0.15, -0.1) is 0 Å².